The van der Waals surface area contributed by atoms with Gasteiger partial charge >= 0.3 is 5.97 Å². The SMILES string of the molecule is CC(C)(N)CC(=O)NCc1ccc(C(=O)O)nc1. The molecule has 4 N–H and O–H groups in total. The van der Waals surface area contributed by atoms with E-state index in [-0.39, 0.29) is 18.0 Å². The van der Waals surface area contributed by atoms with Crippen LogP contribution >= 0.6 is 0 Å². The molecular weight excluding hydrogens is 234 g/mol. The molecule has 18 heavy (non-hydrogen) atoms. The third-order valence-electron chi connectivity index (χ3n) is 2.15. The molecular formula is C12H17N3O3. The summed E-state index contributed by atoms with van der Waals surface area (Å²) in [7, 11) is 0. The minimum absolute atomic E-state index is 0.0202. The average molecular weight is 251 g/mol. The van der Waals surface area contributed by atoms with Gasteiger partial charge in [0, 0.05) is 24.7 Å². The van der Waals surface area contributed by atoms with Crippen molar-refractivity contribution < 1.29 is 14.7 Å². The number of nitrogens with zero attached hydrogens (tertiary/aromatic N) is 1. The van der Waals surface area contributed by atoms with Crippen LogP contribution in [0.3, 0.4) is 0 Å². The highest BCUT2D eigenvalue weighted by atomic mass is 16.4. The van der Waals surface area contributed by atoms with Crippen LogP contribution in [0.1, 0.15) is 36.3 Å². The van der Waals surface area contributed by atoms with Gasteiger partial charge in [0.05, 0.1) is 0 Å². The molecule has 0 fully saturated rings. The number of amides is 1. The van der Waals surface area contributed by atoms with Gasteiger partial charge in [0.1, 0.15) is 5.69 Å². The number of nitrogens with one attached hydrogen (secondary N) is 1. The molecule has 6 nitrogen and oxygen atoms in total. The topological polar surface area (TPSA) is 105 Å². The van der Waals surface area contributed by atoms with E-state index in [1.807, 2.05) is 0 Å². The lowest BCUT2D eigenvalue weighted by atomic mass is 10.0. The number of carbonyl (C=O) groups is 2. The smallest absolute Gasteiger partial charge is 0.354 e. The van der Waals surface area contributed by atoms with Crippen LogP contribution < -0.4 is 11.1 Å². The molecule has 6 heteroatoms. The van der Waals surface area contributed by atoms with E-state index in [2.05, 4.69) is 10.3 Å². The number of carboxylic acid groups (broad SMARTS) is 1. The van der Waals surface area contributed by atoms with E-state index in [9.17, 15) is 9.59 Å². The fourth-order valence-electron chi connectivity index (χ4n) is 1.33. The van der Waals surface area contributed by atoms with E-state index in [0.29, 0.717) is 6.54 Å². The first-order chi connectivity index (χ1) is 8.28. The molecule has 1 rings (SSSR count). The molecule has 0 saturated heterocycles. The minimum atomic E-state index is -1.07. The number of nitrogens with two attached hydrogens (primary N) is 1. The first-order valence-electron chi connectivity index (χ1n) is 5.52. The molecule has 0 aromatic carbocycles. The summed E-state index contributed by atoms with van der Waals surface area (Å²) in [5.41, 5.74) is 5.89. The van der Waals surface area contributed by atoms with Gasteiger partial charge in [-0.2, -0.15) is 0 Å². The molecule has 0 saturated carbocycles. The van der Waals surface area contributed by atoms with Gasteiger partial charge in [-0.05, 0) is 25.5 Å². The predicted molar refractivity (Wildman–Crippen MR) is 65.9 cm³/mol. The van der Waals surface area contributed by atoms with Crippen LogP contribution in [0, 0.1) is 0 Å². The second-order valence-electron chi connectivity index (χ2n) is 4.80. The summed E-state index contributed by atoms with van der Waals surface area (Å²) in [5, 5.41) is 11.4. The molecule has 0 atom stereocenters. The van der Waals surface area contributed by atoms with Crippen LogP contribution in [0.5, 0.6) is 0 Å². The predicted octanol–water partition coefficient (Wildman–Crippen LogP) is 0.523. The Labute approximate surface area is 105 Å². The van der Waals surface area contributed by atoms with Crippen molar-refractivity contribution in [1.29, 1.82) is 0 Å². The quantitative estimate of drug-likeness (QED) is 0.707. The molecule has 98 valence electrons. The molecule has 0 radical (unpaired) electrons. The Morgan fingerprint density at radius 1 is 1.44 bits per heavy atom. The number of pyridine rings is 1. The number of aromatic carboxylic acids is 1. The van der Waals surface area contributed by atoms with Gasteiger partial charge in [0.25, 0.3) is 0 Å². The van der Waals surface area contributed by atoms with E-state index >= 15 is 0 Å². The number of aromatic nitrogens is 1. The fraction of sp³-hybridized carbons (Fsp3) is 0.417. The summed E-state index contributed by atoms with van der Waals surface area (Å²) in [6, 6.07) is 3.01. The summed E-state index contributed by atoms with van der Waals surface area (Å²) in [6.45, 7) is 3.85. The zero-order valence-electron chi connectivity index (χ0n) is 10.4. The molecule has 0 aliphatic rings. The highest BCUT2D eigenvalue weighted by Crippen LogP contribution is 2.04. The van der Waals surface area contributed by atoms with Crippen molar-refractivity contribution in [3.05, 3.63) is 29.6 Å². The second-order valence-corrected chi connectivity index (χ2v) is 4.80. The molecule has 0 bridgehead atoms. The Morgan fingerprint density at radius 3 is 2.56 bits per heavy atom. The highest BCUT2D eigenvalue weighted by molar-refractivity contribution is 5.85. The van der Waals surface area contributed by atoms with Crippen LogP contribution in [0.15, 0.2) is 18.3 Å². The second kappa shape index (κ2) is 5.59. The number of rotatable bonds is 5. The van der Waals surface area contributed by atoms with Gasteiger partial charge in [-0.15, -0.1) is 0 Å². The molecule has 1 amide bonds. The van der Waals surface area contributed by atoms with Crippen molar-refractivity contribution in [3.63, 3.8) is 0 Å². The van der Waals surface area contributed by atoms with E-state index in [1.54, 1.807) is 19.9 Å². The van der Waals surface area contributed by atoms with Crippen LogP contribution in [0.2, 0.25) is 0 Å². The lowest BCUT2D eigenvalue weighted by molar-refractivity contribution is -0.122. The number of carboxylic acids is 1. The number of hydrogen-bond acceptors (Lipinski definition) is 4. The third-order valence-corrected chi connectivity index (χ3v) is 2.15. The maximum Gasteiger partial charge on any atom is 0.354 e. The maximum atomic E-state index is 11.5. The van der Waals surface area contributed by atoms with Crippen LogP contribution in [0.4, 0.5) is 0 Å². The molecule has 0 unspecified atom stereocenters. The van der Waals surface area contributed by atoms with E-state index in [1.165, 1.54) is 12.3 Å². The first-order valence-corrected chi connectivity index (χ1v) is 5.52. The summed E-state index contributed by atoms with van der Waals surface area (Å²) < 4.78 is 0. The Hall–Kier alpha value is -1.95. The van der Waals surface area contributed by atoms with Crippen LogP contribution in [-0.4, -0.2) is 27.5 Å². The van der Waals surface area contributed by atoms with Crippen molar-refractivity contribution in [1.82, 2.24) is 10.3 Å². The zero-order chi connectivity index (χ0) is 13.8. The number of hydrogen-bond donors (Lipinski definition) is 3. The molecule has 0 aliphatic heterocycles. The van der Waals surface area contributed by atoms with Gasteiger partial charge in [-0.1, -0.05) is 6.07 Å². The third kappa shape index (κ3) is 4.92. The normalized spacial score (nSPS) is 11.1. The van der Waals surface area contributed by atoms with E-state index in [4.69, 9.17) is 10.8 Å². The largest absolute Gasteiger partial charge is 0.477 e. The standard InChI is InChI=1S/C12H17N3O3/c1-12(2,13)5-10(16)15-7-8-3-4-9(11(17)18)14-6-8/h3-4,6H,5,7,13H2,1-2H3,(H,15,16)(H,17,18). The minimum Gasteiger partial charge on any atom is -0.477 e. The van der Waals surface area contributed by atoms with Crippen LogP contribution in [-0.2, 0) is 11.3 Å². The van der Waals surface area contributed by atoms with E-state index in [0.717, 1.165) is 5.56 Å². The molecule has 0 aliphatic carbocycles. The van der Waals surface area contributed by atoms with Gasteiger partial charge in [-0.3, -0.25) is 4.79 Å². The van der Waals surface area contributed by atoms with Crippen LogP contribution in [0.25, 0.3) is 0 Å². The Bertz CT molecular complexity index is 435. The lowest BCUT2D eigenvalue weighted by Gasteiger charge is -2.17. The summed E-state index contributed by atoms with van der Waals surface area (Å²) >= 11 is 0. The van der Waals surface area contributed by atoms with Crippen molar-refractivity contribution in [2.75, 3.05) is 0 Å². The fourth-order valence-corrected chi connectivity index (χ4v) is 1.33. The molecule has 0 spiro atoms. The van der Waals surface area contributed by atoms with Gasteiger partial charge in [0.15, 0.2) is 0 Å². The monoisotopic (exact) mass is 251 g/mol. The molecule has 1 aromatic rings. The van der Waals surface area contributed by atoms with Gasteiger partial charge < -0.3 is 16.2 Å². The van der Waals surface area contributed by atoms with Gasteiger partial charge in [0.2, 0.25) is 5.91 Å². The van der Waals surface area contributed by atoms with Crippen molar-refractivity contribution in [2.45, 2.75) is 32.4 Å². The van der Waals surface area contributed by atoms with Crippen molar-refractivity contribution >= 4 is 11.9 Å². The first kappa shape index (κ1) is 14.1. The van der Waals surface area contributed by atoms with Gasteiger partial charge in [-0.25, -0.2) is 9.78 Å². The highest BCUT2D eigenvalue weighted by Gasteiger charge is 2.15. The zero-order valence-corrected chi connectivity index (χ0v) is 10.4. The molecule has 1 heterocycles. The Balaban J connectivity index is 2.49. The summed E-state index contributed by atoms with van der Waals surface area (Å²) in [5.74, 6) is -1.22. The lowest BCUT2D eigenvalue weighted by Crippen LogP contribution is -2.38. The van der Waals surface area contributed by atoms with E-state index < -0.39 is 11.5 Å². The number of carbonyl (C=O) groups excluding carboxylic acids is 1. The van der Waals surface area contributed by atoms with Crippen molar-refractivity contribution in [3.8, 4) is 0 Å². The maximum absolute atomic E-state index is 11.5. The average Bonchev–Trinajstić information content (AvgIpc) is 2.24. The van der Waals surface area contributed by atoms with Crippen molar-refractivity contribution in [2.24, 2.45) is 5.73 Å². The Morgan fingerprint density at radius 2 is 2.11 bits per heavy atom. The summed E-state index contributed by atoms with van der Waals surface area (Å²) in [4.78, 5) is 25.8. The summed E-state index contributed by atoms with van der Waals surface area (Å²) in [6.07, 6.45) is 1.66. The Kier molecular flexibility index (Phi) is 4.38. The molecule has 1 aromatic heterocycles.